The molecule has 0 heterocycles. The smallest absolute Gasteiger partial charge is 0.267 e. The monoisotopic (exact) mass is 196 g/mol. The Morgan fingerprint density at radius 2 is 2.08 bits per heavy atom. The van der Waals surface area contributed by atoms with Crippen molar-refractivity contribution >= 4 is 7.82 Å². The summed E-state index contributed by atoms with van der Waals surface area (Å²) in [7, 11) is -2.93. The SMILES string of the molecule is COP(=O)([O-])OCCCCCN. The van der Waals surface area contributed by atoms with Gasteiger partial charge in [-0.2, -0.15) is 0 Å². The van der Waals surface area contributed by atoms with Crippen LogP contribution < -0.4 is 10.6 Å². The topological polar surface area (TPSA) is 84.6 Å². The molecule has 5 nitrogen and oxygen atoms in total. The maximum Gasteiger partial charge on any atom is 0.267 e. The molecule has 0 spiro atoms. The van der Waals surface area contributed by atoms with Crippen LogP contribution in [0.25, 0.3) is 0 Å². The fourth-order valence-electron chi connectivity index (χ4n) is 0.652. The summed E-state index contributed by atoms with van der Waals surface area (Å²) in [6.07, 6.45) is 2.45. The van der Waals surface area contributed by atoms with E-state index in [9.17, 15) is 9.46 Å². The van der Waals surface area contributed by atoms with E-state index >= 15 is 0 Å². The lowest BCUT2D eigenvalue weighted by atomic mass is 10.2. The molecule has 0 aromatic rings. The van der Waals surface area contributed by atoms with E-state index in [1.807, 2.05) is 0 Å². The third kappa shape index (κ3) is 6.76. The number of nitrogens with two attached hydrogens (primary N) is 1. The van der Waals surface area contributed by atoms with Gasteiger partial charge in [-0.1, -0.05) is 0 Å². The zero-order chi connectivity index (χ0) is 9.45. The van der Waals surface area contributed by atoms with Crippen LogP contribution in [0.4, 0.5) is 0 Å². The Bertz CT molecular complexity index is 152. The molecule has 6 heteroatoms. The van der Waals surface area contributed by atoms with Gasteiger partial charge < -0.3 is 19.7 Å². The largest absolute Gasteiger partial charge is 0.756 e. The Hall–Kier alpha value is 0.0700. The van der Waals surface area contributed by atoms with Gasteiger partial charge in [-0.25, -0.2) is 0 Å². The molecule has 2 N–H and O–H groups in total. The van der Waals surface area contributed by atoms with Gasteiger partial charge in [0.05, 0.1) is 6.61 Å². The fourth-order valence-corrected chi connectivity index (χ4v) is 1.11. The number of phosphoric acid groups is 1. The van der Waals surface area contributed by atoms with Crippen LogP contribution >= 0.6 is 7.82 Å². The van der Waals surface area contributed by atoms with E-state index in [4.69, 9.17) is 5.73 Å². The summed E-state index contributed by atoms with van der Waals surface area (Å²) in [6.45, 7) is 0.800. The molecule has 0 aromatic heterocycles. The lowest BCUT2D eigenvalue weighted by molar-refractivity contribution is -0.223. The van der Waals surface area contributed by atoms with Crippen LogP contribution in [0.2, 0.25) is 0 Å². The fraction of sp³-hybridized carbons (Fsp3) is 1.00. The summed E-state index contributed by atoms with van der Waals surface area (Å²) in [6, 6.07) is 0. The van der Waals surface area contributed by atoms with Gasteiger partial charge in [-0.15, -0.1) is 0 Å². The molecule has 0 rings (SSSR count). The highest BCUT2D eigenvalue weighted by Crippen LogP contribution is 2.36. The van der Waals surface area contributed by atoms with Crippen molar-refractivity contribution in [2.24, 2.45) is 5.73 Å². The molecule has 0 aliphatic rings. The van der Waals surface area contributed by atoms with Crippen molar-refractivity contribution in [3.8, 4) is 0 Å². The van der Waals surface area contributed by atoms with Gasteiger partial charge in [-0.3, -0.25) is 4.57 Å². The lowest BCUT2D eigenvalue weighted by Crippen LogP contribution is -2.07. The minimum Gasteiger partial charge on any atom is -0.756 e. The van der Waals surface area contributed by atoms with Crippen LogP contribution in [-0.2, 0) is 13.6 Å². The van der Waals surface area contributed by atoms with Crippen LogP contribution in [0.1, 0.15) is 19.3 Å². The van der Waals surface area contributed by atoms with E-state index in [0.717, 1.165) is 20.0 Å². The number of unbranched alkanes of at least 4 members (excludes halogenated alkanes) is 2. The van der Waals surface area contributed by atoms with Crippen molar-refractivity contribution in [3.05, 3.63) is 0 Å². The zero-order valence-corrected chi connectivity index (χ0v) is 8.09. The average molecular weight is 196 g/mol. The lowest BCUT2D eigenvalue weighted by Gasteiger charge is -2.19. The third-order valence-corrected chi connectivity index (χ3v) is 2.27. The van der Waals surface area contributed by atoms with Gasteiger partial charge in [0.25, 0.3) is 7.82 Å². The van der Waals surface area contributed by atoms with Crippen LogP contribution in [0, 0.1) is 0 Å². The first-order valence-corrected chi connectivity index (χ1v) is 5.30. The number of rotatable bonds is 7. The van der Waals surface area contributed by atoms with Crippen molar-refractivity contribution in [3.63, 3.8) is 0 Å². The Morgan fingerprint density at radius 1 is 1.42 bits per heavy atom. The molecule has 0 saturated heterocycles. The van der Waals surface area contributed by atoms with Crippen LogP contribution in [-0.4, -0.2) is 20.3 Å². The summed E-state index contributed by atoms with van der Waals surface area (Å²) in [5.74, 6) is 0. The first-order valence-electron chi connectivity index (χ1n) is 3.84. The second kappa shape index (κ2) is 6.57. The minimum atomic E-state index is -4.00. The highest BCUT2D eigenvalue weighted by atomic mass is 31.2. The second-order valence-corrected chi connectivity index (χ2v) is 3.83. The number of phosphoric ester groups is 1. The predicted molar refractivity (Wildman–Crippen MR) is 43.5 cm³/mol. The Balaban J connectivity index is 3.25. The Labute approximate surface area is 72.5 Å². The zero-order valence-electron chi connectivity index (χ0n) is 7.19. The van der Waals surface area contributed by atoms with E-state index in [-0.39, 0.29) is 6.61 Å². The van der Waals surface area contributed by atoms with E-state index in [0.29, 0.717) is 13.0 Å². The molecule has 0 bridgehead atoms. The minimum absolute atomic E-state index is 0.175. The molecule has 1 atom stereocenters. The standard InChI is InChI=1S/C6H16NO4P/c1-10-12(8,9)11-6-4-2-3-5-7/h2-7H2,1H3,(H,8,9)/p-1. The maximum atomic E-state index is 10.6. The molecule has 74 valence electrons. The number of hydrogen-bond donors (Lipinski definition) is 1. The predicted octanol–water partition coefficient (Wildman–Crippen LogP) is 0.247. The van der Waals surface area contributed by atoms with Gasteiger partial charge in [0, 0.05) is 7.11 Å². The molecule has 0 aliphatic carbocycles. The summed E-state index contributed by atoms with van der Waals surface area (Å²) in [4.78, 5) is 10.6. The highest BCUT2D eigenvalue weighted by molar-refractivity contribution is 7.45. The van der Waals surface area contributed by atoms with Crippen molar-refractivity contribution in [1.29, 1.82) is 0 Å². The van der Waals surface area contributed by atoms with Crippen molar-refractivity contribution in [2.45, 2.75) is 19.3 Å². The van der Waals surface area contributed by atoms with Crippen LogP contribution in [0.3, 0.4) is 0 Å². The van der Waals surface area contributed by atoms with Crippen LogP contribution in [0.15, 0.2) is 0 Å². The molecule has 0 fully saturated rings. The van der Waals surface area contributed by atoms with Crippen molar-refractivity contribution in [1.82, 2.24) is 0 Å². The quantitative estimate of drug-likeness (QED) is 0.466. The number of hydrogen-bond acceptors (Lipinski definition) is 5. The third-order valence-electron chi connectivity index (χ3n) is 1.32. The van der Waals surface area contributed by atoms with E-state index in [2.05, 4.69) is 9.05 Å². The van der Waals surface area contributed by atoms with E-state index in [1.165, 1.54) is 0 Å². The molecule has 0 amide bonds. The summed E-state index contributed by atoms with van der Waals surface area (Å²) < 4.78 is 19.2. The second-order valence-electron chi connectivity index (χ2n) is 2.31. The molecule has 0 radical (unpaired) electrons. The molecular weight excluding hydrogens is 181 g/mol. The Morgan fingerprint density at radius 3 is 2.58 bits per heavy atom. The average Bonchev–Trinajstić information content (AvgIpc) is 2.04. The van der Waals surface area contributed by atoms with Crippen LogP contribution in [0.5, 0.6) is 0 Å². The first-order chi connectivity index (χ1) is 5.62. The Kier molecular flexibility index (Phi) is 6.61. The van der Waals surface area contributed by atoms with Gasteiger partial charge in [0.1, 0.15) is 0 Å². The maximum absolute atomic E-state index is 10.6. The molecule has 0 aliphatic heterocycles. The molecule has 0 aromatic carbocycles. The molecule has 1 unspecified atom stereocenters. The highest BCUT2D eigenvalue weighted by Gasteiger charge is 2.04. The normalized spacial score (nSPS) is 15.9. The molecular formula is C6H15NO4P-. The molecule has 0 saturated carbocycles. The van der Waals surface area contributed by atoms with Gasteiger partial charge >= 0.3 is 0 Å². The van der Waals surface area contributed by atoms with E-state index in [1.54, 1.807) is 0 Å². The van der Waals surface area contributed by atoms with Gasteiger partial charge in [-0.05, 0) is 25.8 Å². The van der Waals surface area contributed by atoms with Gasteiger partial charge in [0.2, 0.25) is 0 Å². The van der Waals surface area contributed by atoms with Crippen molar-refractivity contribution in [2.75, 3.05) is 20.3 Å². The molecule has 12 heavy (non-hydrogen) atoms. The summed E-state index contributed by atoms with van der Waals surface area (Å²) >= 11 is 0. The first kappa shape index (κ1) is 12.1. The van der Waals surface area contributed by atoms with E-state index < -0.39 is 7.82 Å². The summed E-state index contributed by atoms with van der Waals surface area (Å²) in [5, 5.41) is 0. The summed E-state index contributed by atoms with van der Waals surface area (Å²) in [5.41, 5.74) is 5.24. The van der Waals surface area contributed by atoms with Gasteiger partial charge in [0.15, 0.2) is 0 Å². The van der Waals surface area contributed by atoms with Crippen molar-refractivity contribution < 1.29 is 18.5 Å².